The summed E-state index contributed by atoms with van der Waals surface area (Å²) in [5.41, 5.74) is 6.12. The molecule has 32 heavy (non-hydrogen) atoms. The van der Waals surface area contributed by atoms with E-state index in [1.807, 2.05) is 16.7 Å². The van der Waals surface area contributed by atoms with E-state index in [2.05, 4.69) is 65.8 Å². The van der Waals surface area contributed by atoms with Gasteiger partial charge in [0.25, 0.3) is 0 Å². The van der Waals surface area contributed by atoms with E-state index in [0.717, 1.165) is 12.7 Å². The number of anilines is 1. The number of halogens is 1. The Balaban J connectivity index is 1.50. The van der Waals surface area contributed by atoms with Gasteiger partial charge in [-0.1, -0.05) is 0 Å². The third-order valence-corrected chi connectivity index (χ3v) is 7.16. The third-order valence-electron chi connectivity index (χ3n) is 7.16. The number of hydrogen-bond donors (Lipinski definition) is 3. The van der Waals surface area contributed by atoms with Gasteiger partial charge in [0.05, 0.1) is 30.6 Å². The van der Waals surface area contributed by atoms with Crippen LogP contribution in [-0.2, 0) is 0 Å². The molecule has 2 amide bonds. The monoisotopic (exact) mass is 450 g/mol. The predicted octanol–water partition coefficient (Wildman–Crippen LogP) is 1.08. The van der Waals surface area contributed by atoms with E-state index in [9.17, 15) is 9.18 Å². The van der Waals surface area contributed by atoms with E-state index in [4.69, 9.17) is 4.74 Å². The highest BCUT2D eigenvalue weighted by Gasteiger charge is 2.56. The van der Waals surface area contributed by atoms with Crippen LogP contribution < -0.4 is 20.9 Å². The van der Waals surface area contributed by atoms with Crippen molar-refractivity contribution >= 4 is 11.8 Å². The van der Waals surface area contributed by atoms with Crippen molar-refractivity contribution in [3.8, 4) is 6.01 Å². The largest absolute Gasteiger partial charge is 0.464 e. The number of hydrazine groups is 1. The number of aromatic nitrogens is 2. The van der Waals surface area contributed by atoms with Gasteiger partial charge in [0.2, 0.25) is 0 Å². The third kappa shape index (κ3) is 3.97. The number of hydrogen-bond acceptors (Lipinski definition) is 8. The number of piperazine rings is 1. The second-order valence-electron chi connectivity index (χ2n) is 9.67. The number of rotatable bonds is 4. The van der Waals surface area contributed by atoms with Crippen LogP contribution in [0.3, 0.4) is 0 Å². The lowest BCUT2D eigenvalue weighted by Gasteiger charge is -2.46. The number of nitrogens with one attached hydrogen (secondary N) is 3. The molecule has 0 aliphatic carbocycles. The average Bonchev–Trinajstić information content (AvgIpc) is 3.25. The Bertz CT molecular complexity index is 855. The Morgan fingerprint density at radius 3 is 2.75 bits per heavy atom. The lowest BCUT2D eigenvalue weighted by molar-refractivity contribution is 0.0502. The molecule has 10 nitrogen and oxygen atoms in total. The van der Waals surface area contributed by atoms with Crippen molar-refractivity contribution in [3.05, 3.63) is 12.0 Å². The summed E-state index contributed by atoms with van der Waals surface area (Å²) in [6, 6.07) is 0.646. The number of fused-ring (bicyclic) bond motifs is 1. The molecule has 178 valence electrons. The average molecular weight is 451 g/mol. The van der Waals surface area contributed by atoms with Crippen LogP contribution in [0.15, 0.2) is 6.20 Å². The second-order valence-corrected chi connectivity index (χ2v) is 9.67. The fourth-order valence-electron chi connectivity index (χ4n) is 5.10. The van der Waals surface area contributed by atoms with E-state index in [0.29, 0.717) is 25.7 Å². The van der Waals surface area contributed by atoms with Crippen LogP contribution in [0.4, 0.5) is 15.0 Å². The van der Waals surface area contributed by atoms with E-state index in [1.165, 1.54) is 0 Å². The number of likely N-dealkylation sites (tertiary alicyclic amines) is 1. The van der Waals surface area contributed by atoms with Crippen molar-refractivity contribution in [1.29, 1.82) is 0 Å². The molecular weight excluding hydrogens is 415 g/mol. The molecule has 1 aromatic rings. The molecule has 0 radical (unpaired) electrons. The Morgan fingerprint density at radius 1 is 1.28 bits per heavy atom. The fraction of sp³-hybridized carbons (Fsp3) is 0.762. The minimum atomic E-state index is -0.552. The van der Waals surface area contributed by atoms with E-state index >= 15 is 0 Å². The molecule has 11 heteroatoms. The number of ether oxygens (including phenoxy) is 1. The van der Waals surface area contributed by atoms with Crippen LogP contribution >= 0.6 is 0 Å². The number of likely N-dealkylation sites (N-methyl/N-ethyl adjacent to an activating group) is 1. The lowest BCUT2D eigenvalue weighted by atomic mass is 9.90. The van der Waals surface area contributed by atoms with E-state index in [-0.39, 0.29) is 42.0 Å². The van der Waals surface area contributed by atoms with Gasteiger partial charge in [-0.05, 0) is 41.7 Å². The highest BCUT2D eigenvalue weighted by atomic mass is 19.1. The van der Waals surface area contributed by atoms with E-state index in [1.54, 1.807) is 0 Å². The van der Waals surface area contributed by atoms with Crippen LogP contribution in [0.1, 0.15) is 34.6 Å². The quantitative estimate of drug-likeness (QED) is 0.627. The van der Waals surface area contributed by atoms with Gasteiger partial charge in [-0.25, -0.2) is 19.6 Å². The number of nitrogens with zero attached hydrogens (tertiary/aromatic N) is 5. The summed E-state index contributed by atoms with van der Waals surface area (Å²) in [7, 11) is 2.10. The molecule has 0 bridgehead atoms. The van der Waals surface area contributed by atoms with Crippen LogP contribution in [0.2, 0.25) is 0 Å². The SMILES string of the molecule is CCOc1ncc(F)c(NC2NNC3C2CN(C(=O)N2C[C@@H](C)N(C)C[C@@H]2C)C3(C)C)n1. The first-order valence-corrected chi connectivity index (χ1v) is 11.3. The molecular formula is C21H35FN8O2. The van der Waals surface area contributed by atoms with Crippen LogP contribution in [0, 0.1) is 11.7 Å². The van der Waals surface area contributed by atoms with Gasteiger partial charge in [-0.3, -0.25) is 10.3 Å². The molecule has 3 aliphatic rings. The maximum Gasteiger partial charge on any atom is 0.320 e. The fourth-order valence-corrected chi connectivity index (χ4v) is 5.10. The summed E-state index contributed by atoms with van der Waals surface area (Å²) in [6.07, 6.45) is 0.796. The molecule has 3 fully saturated rings. The highest BCUT2D eigenvalue weighted by Crippen LogP contribution is 2.38. The minimum Gasteiger partial charge on any atom is -0.464 e. The molecule has 4 rings (SSSR count). The Kier molecular flexibility index (Phi) is 6.17. The molecule has 4 heterocycles. The van der Waals surface area contributed by atoms with Gasteiger partial charge < -0.3 is 19.9 Å². The first-order valence-electron chi connectivity index (χ1n) is 11.3. The summed E-state index contributed by atoms with van der Waals surface area (Å²) >= 11 is 0. The lowest BCUT2D eigenvalue weighted by Crippen LogP contribution is -2.63. The number of amides is 2. The number of urea groups is 1. The standard InChI is InChI=1S/C21H35FN8O2/c1-7-32-19-23-8-15(22)18(25-19)24-17-14-11-30(21(4,5)16(14)26-27-17)20(31)29-10-12(2)28(6)9-13(29)3/h8,12-14,16-17,26-27H,7,9-11H2,1-6H3,(H,23,24,25)/t12-,13+,14?,16?,17?/m1/s1. The number of carbonyl (C=O) groups excluding carboxylic acids is 1. The summed E-state index contributed by atoms with van der Waals surface area (Å²) in [6.45, 7) is 12.7. The second kappa shape index (κ2) is 8.60. The summed E-state index contributed by atoms with van der Waals surface area (Å²) in [5, 5.41) is 3.14. The molecule has 0 aromatic carbocycles. The molecule has 3 saturated heterocycles. The summed E-state index contributed by atoms with van der Waals surface area (Å²) in [4.78, 5) is 27.8. The van der Waals surface area contributed by atoms with Gasteiger partial charge in [0, 0.05) is 37.6 Å². The zero-order valence-corrected chi connectivity index (χ0v) is 19.7. The van der Waals surface area contributed by atoms with Crippen molar-refractivity contribution in [1.82, 2.24) is 35.5 Å². The Morgan fingerprint density at radius 2 is 2.03 bits per heavy atom. The minimum absolute atomic E-state index is 0.000374. The zero-order valence-electron chi connectivity index (χ0n) is 19.7. The highest BCUT2D eigenvalue weighted by molar-refractivity contribution is 5.76. The Labute approximate surface area is 188 Å². The zero-order chi connectivity index (χ0) is 23.2. The molecule has 0 spiro atoms. The number of carbonyl (C=O) groups is 1. The molecule has 3 N–H and O–H groups in total. The summed E-state index contributed by atoms with van der Waals surface area (Å²) < 4.78 is 19.7. The summed E-state index contributed by atoms with van der Waals surface area (Å²) in [5.74, 6) is -0.448. The molecule has 3 aliphatic heterocycles. The topological polar surface area (TPSA) is 97.9 Å². The smallest absolute Gasteiger partial charge is 0.320 e. The van der Waals surface area contributed by atoms with Crippen LogP contribution in [0.5, 0.6) is 6.01 Å². The van der Waals surface area contributed by atoms with Crippen molar-refractivity contribution in [2.45, 2.75) is 64.4 Å². The Hall–Kier alpha value is -2.24. The molecule has 5 atom stereocenters. The van der Waals surface area contributed by atoms with Gasteiger partial charge in [0.1, 0.15) is 0 Å². The van der Waals surface area contributed by atoms with Crippen molar-refractivity contribution < 1.29 is 13.9 Å². The van der Waals surface area contributed by atoms with Crippen molar-refractivity contribution in [2.75, 3.05) is 38.6 Å². The van der Waals surface area contributed by atoms with E-state index < -0.39 is 11.4 Å². The van der Waals surface area contributed by atoms with Crippen molar-refractivity contribution in [2.24, 2.45) is 5.92 Å². The van der Waals surface area contributed by atoms with Crippen LogP contribution in [0.25, 0.3) is 0 Å². The predicted molar refractivity (Wildman–Crippen MR) is 119 cm³/mol. The maximum absolute atomic E-state index is 14.4. The van der Waals surface area contributed by atoms with Gasteiger partial charge >= 0.3 is 12.0 Å². The van der Waals surface area contributed by atoms with Gasteiger partial charge in [0.15, 0.2) is 11.6 Å². The first kappa shape index (κ1) is 22.9. The first-order chi connectivity index (χ1) is 15.1. The van der Waals surface area contributed by atoms with Crippen LogP contribution in [-0.4, -0.2) is 93.8 Å². The normalized spacial score (nSPS) is 32.2. The maximum atomic E-state index is 14.4. The van der Waals surface area contributed by atoms with Crippen molar-refractivity contribution in [3.63, 3.8) is 0 Å². The van der Waals surface area contributed by atoms with Gasteiger partial charge in [-0.2, -0.15) is 4.98 Å². The molecule has 3 unspecified atom stereocenters. The van der Waals surface area contributed by atoms with Gasteiger partial charge in [-0.15, -0.1) is 0 Å². The molecule has 1 aromatic heterocycles. The molecule has 0 saturated carbocycles.